The molecule has 2 heterocycles. The molecule has 3 rings (SSSR count). The maximum atomic E-state index is 12.7. The summed E-state index contributed by atoms with van der Waals surface area (Å²) < 4.78 is 5.34. The third-order valence-corrected chi connectivity index (χ3v) is 6.34. The van der Waals surface area contributed by atoms with Gasteiger partial charge in [0.25, 0.3) is 5.69 Å². The number of likely N-dealkylation sites (tertiary alicyclic amines) is 1. The molecule has 0 aliphatic carbocycles. The van der Waals surface area contributed by atoms with Gasteiger partial charge in [0.2, 0.25) is 0 Å². The second-order valence-corrected chi connectivity index (χ2v) is 8.38. The first-order valence-electron chi connectivity index (χ1n) is 11.1. The van der Waals surface area contributed by atoms with Crippen LogP contribution in [0.15, 0.2) is 24.3 Å². The number of morpholine rings is 1. The highest BCUT2D eigenvalue weighted by molar-refractivity contribution is 5.74. The van der Waals surface area contributed by atoms with E-state index in [0.29, 0.717) is 38.3 Å². The standard InChI is InChI=1S/C22H34N4O4/c1-3-23(18(2)15-20-5-4-6-21(16-20)26(28)29)17-19-7-9-24(10-8-19)22(27)25-11-13-30-14-12-25/h4-6,16,18-19H,3,7-15,17H2,1-2H3. The fourth-order valence-corrected chi connectivity index (χ4v) is 4.48. The molecular formula is C22H34N4O4. The van der Waals surface area contributed by atoms with Gasteiger partial charge >= 0.3 is 6.03 Å². The van der Waals surface area contributed by atoms with Crippen LogP contribution in [0.3, 0.4) is 0 Å². The predicted octanol–water partition coefficient (Wildman–Crippen LogP) is 3.01. The van der Waals surface area contributed by atoms with E-state index in [-0.39, 0.29) is 16.6 Å². The molecule has 8 nitrogen and oxygen atoms in total. The monoisotopic (exact) mass is 418 g/mol. The molecule has 0 bridgehead atoms. The van der Waals surface area contributed by atoms with E-state index >= 15 is 0 Å². The summed E-state index contributed by atoms with van der Waals surface area (Å²) in [6.07, 6.45) is 2.84. The van der Waals surface area contributed by atoms with Crippen LogP contribution in [-0.4, -0.2) is 84.2 Å². The van der Waals surface area contributed by atoms with Gasteiger partial charge < -0.3 is 19.4 Å². The van der Waals surface area contributed by atoms with Gasteiger partial charge in [-0.3, -0.25) is 10.1 Å². The van der Waals surface area contributed by atoms with Crippen LogP contribution < -0.4 is 0 Å². The number of nitro groups is 1. The van der Waals surface area contributed by atoms with Crippen molar-refractivity contribution < 1.29 is 14.5 Å². The van der Waals surface area contributed by atoms with Crippen molar-refractivity contribution in [2.24, 2.45) is 5.92 Å². The number of amides is 2. The molecule has 166 valence electrons. The molecule has 1 atom stereocenters. The second kappa shape index (κ2) is 10.7. The number of nitro benzene ring substituents is 1. The molecule has 0 N–H and O–H groups in total. The Morgan fingerprint density at radius 3 is 2.53 bits per heavy atom. The number of non-ortho nitro benzene ring substituents is 1. The number of ether oxygens (including phenoxy) is 1. The SMILES string of the molecule is CCN(CC1CCN(C(=O)N2CCOCC2)CC1)C(C)Cc1cccc([N+](=O)[O-])c1. The van der Waals surface area contributed by atoms with Gasteiger partial charge in [0, 0.05) is 50.9 Å². The van der Waals surface area contributed by atoms with Gasteiger partial charge in [-0.25, -0.2) is 4.79 Å². The number of likely N-dealkylation sites (N-methyl/N-ethyl adjacent to an activating group) is 1. The molecule has 2 aliphatic rings. The molecule has 8 heteroatoms. The summed E-state index contributed by atoms with van der Waals surface area (Å²) in [5, 5.41) is 11.0. The number of benzene rings is 1. The zero-order chi connectivity index (χ0) is 21.5. The zero-order valence-corrected chi connectivity index (χ0v) is 18.2. The van der Waals surface area contributed by atoms with E-state index in [4.69, 9.17) is 4.74 Å². The number of carbonyl (C=O) groups excluding carboxylic acids is 1. The van der Waals surface area contributed by atoms with Gasteiger partial charge in [0.1, 0.15) is 0 Å². The largest absolute Gasteiger partial charge is 0.378 e. The summed E-state index contributed by atoms with van der Waals surface area (Å²) in [6, 6.07) is 7.41. The van der Waals surface area contributed by atoms with Crippen molar-refractivity contribution in [2.45, 2.75) is 39.2 Å². The summed E-state index contributed by atoms with van der Waals surface area (Å²) in [7, 11) is 0. The topological polar surface area (TPSA) is 79.2 Å². The van der Waals surface area contributed by atoms with E-state index in [1.165, 1.54) is 6.07 Å². The van der Waals surface area contributed by atoms with Crippen LogP contribution in [0.4, 0.5) is 10.5 Å². The Labute approximate surface area is 178 Å². The summed E-state index contributed by atoms with van der Waals surface area (Å²) in [4.78, 5) is 29.7. The van der Waals surface area contributed by atoms with Crippen molar-refractivity contribution in [3.05, 3.63) is 39.9 Å². The van der Waals surface area contributed by atoms with Crippen molar-refractivity contribution in [1.82, 2.24) is 14.7 Å². The van der Waals surface area contributed by atoms with Crippen molar-refractivity contribution in [3.63, 3.8) is 0 Å². The number of urea groups is 1. The molecular weight excluding hydrogens is 384 g/mol. The molecule has 2 aliphatic heterocycles. The average Bonchev–Trinajstić information content (AvgIpc) is 2.78. The first-order chi connectivity index (χ1) is 14.5. The number of rotatable bonds is 7. The fourth-order valence-electron chi connectivity index (χ4n) is 4.48. The third-order valence-electron chi connectivity index (χ3n) is 6.34. The van der Waals surface area contributed by atoms with E-state index in [1.54, 1.807) is 12.1 Å². The van der Waals surface area contributed by atoms with Crippen LogP contribution in [0.1, 0.15) is 32.3 Å². The fraction of sp³-hybridized carbons (Fsp3) is 0.682. The highest BCUT2D eigenvalue weighted by Crippen LogP contribution is 2.22. The van der Waals surface area contributed by atoms with Crippen molar-refractivity contribution in [3.8, 4) is 0 Å². The zero-order valence-electron chi connectivity index (χ0n) is 18.2. The third kappa shape index (κ3) is 5.92. The van der Waals surface area contributed by atoms with E-state index < -0.39 is 0 Å². The Bertz CT molecular complexity index is 715. The smallest absolute Gasteiger partial charge is 0.320 e. The number of nitrogens with zero attached hydrogens (tertiary/aromatic N) is 4. The number of hydrogen-bond donors (Lipinski definition) is 0. The molecule has 0 spiro atoms. The van der Waals surface area contributed by atoms with Gasteiger partial charge in [-0.1, -0.05) is 19.1 Å². The lowest BCUT2D eigenvalue weighted by Crippen LogP contribution is -2.51. The molecule has 2 amide bonds. The maximum Gasteiger partial charge on any atom is 0.320 e. The predicted molar refractivity (Wildman–Crippen MR) is 116 cm³/mol. The van der Waals surface area contributed by atoms with Crippen LogP contribution in [0.2, 0.25) is 0 Å². The average molecular weight is 419 g/mol. The number of hydrogen-bond acceptors (Lipinski definition) is 5. The Morgan fingerprint density at radius 1 is 1.23 bits per heavy atom. The van der Waals surface area contributed by atoms with Crippen LogP contribution in [-0.2, 0) is 11.2 Å². The Hall–Kier alpha value is -2.19. The van der Waals surface area contributed by atoms with Gasteiger partial charge in [0.05, 0.1) is 18.1 Å². The summed E-state index contributed by atoms with van der Waals surface area (Å²) in [5.74, 6) is 0.575. The van der Waals surface area contributed by atoms with Crippen LogP contribution >= 0.6 is 0 Å². The normalized spacial score (nSPS) is 19.2. The first-order valence-corrected chi connectivity index (χ1v) is 11.1. The van der Waals surface area contributed by atoms with Crippen LogP contribution in [0, 0.1) is 16.0 Å². The summed E-state index contributed by atoms with van der Waals surface area (Å²) in [5.41, 5.74) is 1.15. The van der Waals surface area contributed by atoms with Crippen LogP contribution in [0.25, 0.3) is 0 Å². The minimum atomic E-state index is -0.336. The summed E-state index contributed by atoms with van der Waals surface area (Å²) in [6.45, 7) is 10.6. The molecule has 1 unspecified atom stereocenters. The molecule has 2 saturated heterocycles. The van der Waals surface area contributed by atoms with E-state index in [2.05, 4.69) is 18.7 Å². The minimum absolute atomic E-state index is 0.153. The highest BCUT2D eigenvalue weighted by atomic mass is 16.6. The van der Waals surface area contributed by atoms with Gasteiger partial charge in [-0.05, 0) is 44.2 Å². The molecule has 0 aromatic heterocycles. The van der Waals surface area contributed by atoms with Crippen LogP contribution in [0.5, 0.6) is 0 Å². The Morgan fingerprint density at radius 2 is 1.90 bits per heavy atom. The van der Waals surface area contributed by atoms with E-state index in [0.717, 1.165) is 51.0 Å². The minimum Gasteiger partial charge on any atom is -0.378 e. The maximum absolute atomic E-state index is 12.7. The number of carbonyl (C=O) groups is 1. The quantitative estimate of drug-likeness (QED) is 0.502. The highest BCUT2D eigenvalue weighted by Gasteiger charge is 2.28. The number of piperidine rings is 1. The lowest BCUT2D eigenvalue weighted by molar-refractivity contribution is -0.384. The molecule has 1 aromatic carbocycles. The molecule has 0 radical (unpaired) electrons. The molecule has 0 saturated carbocycles. The van der Waals surface area contributed by atoms with Gasteiger partial charge in [0.15, 0.2) is 0 Å². The lowest BCUT2D eigenvalue weighted by Gasteiger charge is -2.39. The van der Waals surface area contributed by atoms with Crippen molar-refractivity contribution in [2.75, 3.05) is 52.5 Å². The van der Waals surface area contributed by atoms with Gasteiger partial charge in [-0.15, -0.1) is 0 Å². The van der Waals surface area contributed by atoms with Crippen molar-refractivity contribution in [1.29, 1.82) is 0 Å². The summed E-state index contributed by atoms with van der Waals surface area (Å²) >= 11 is 0. The van der Waals surface area contributed by atoms with E-state index in [9.17, 15) is 14.9 Å². The first kappa shape index (κ1) is 22.5. The molecule has 2 fully saturated rings. The van der Waals surface area contributed by atoms with Crippen molar-refractivity contribution >= 4 is 11.7 Å². The molecule has 1 aromatic rings. The lowest BCUT2D eigenvalue weighted by atomic mass is 9.95. The second-order valence-electron chi connectivity index (χ2n) is 8.38. The molecule has 30 heavy (non-hydrogen) atoms. The Balaban J connectivity index is 1.48. The van der Waals surface area contributed by atoms with E-state index in [1.807, 2.05) is 15.9 Å². The van der Waals surface area contributed by atoms with Gasteiger partial charge in [-0.2, -0.15) is 0 Å². The Kier molecular flexibility index (Phi) is 8.04.